The lowest BCUT2D eigenvalue weighted by atomic mass is 10.1. The van der Waals surface area contributed by atoms with Gasteiger partial charge in [-0.3, -0.25) is 19.2 Å². The Balaban J connectivity index is 1.84. The number of nitrogens with zero attached hydrogens (tertiary/aromatic N) is 2. The van der Waals surface area contributed by atoms with Crippen LogP contribution in [0.3, 0.4) is 0 Å². The number of carboxylic acids is 1. The van der Waals surface area contributed by atoms with Gasteiger partial charge in [0.2, 0.25) is 0 Å². The summed E-state index contributed by atoms with van der Waals surface area (Å²) >= 11 is 0. The van der Waals surface area contributed by atoms with Gasteiger partial charge in [-0.2, -0.15) is 9.80 Å². The Labute approximate surface area is 179 Å². The highest BCUT2D eigenvalue weighted by Gasteiger charge is 2.35. The van der Waals surface area contributed by atoms with Gasteiger partial charge in [-0.05, 0) is 17.2 Å². The summed E-state index contributed by atoms with van der Waals surface area (Å²) in [6, 6.07) is 3.49. The molecule has 8 amide bonds. The molecule has 0 fully saturated rings. The average molecular weight is 438 g/mol. The zero-order chi connectivity index (χ0) is 23.4. The van der Waals surface area contributed by atoms with E-state index >= 15 is 0 Å². The van der Waals surface area contributed by atoms with Gasteiger partial charge < -0.3 is 15.7 Å². The number of nitrogens with one attached hydrogen (secondary N) is 2. The summed E-state index contributed by atoms with van der Waals surface area (Å²) in [4.78, 5) is 83.2. The fourth-order valence-electron chi connectivity index (χ4n) is 2.75. The Morgan fingerprint density at radius 2 is 1.16 bits per heavy atom. The summed E-state index contributed by atoms with van der Waals surface area (Å²) in [5.41, 5.74) is 0.717. The van der Waals surface area contributed by atoms with E-state index < -0.39 is 47.8 Å². The molecule has 3 rings (SSSR count). The minimum atomic E-state index is -1.37. The minimum absolute atomic E-state index is 0.235. The van der Waals surface area contributed by atoms with Crippen LogP contribution in [-0.4, -0.2) is 56.6 Å². The van der Waals surface area contributed by atoms with Crippen molar-refractivity contribution in [2.45, 2.75) is 6.17 Å². The Bertz CT molecular complexity index is 1040. The highest BCUT2D eigenvalue weighted by atomic mass is 16.4. The molecule has 3 N–H and O–H groups in total. The molecule has 2 aliphatic heterocycles. The molecule has 0 spiro atoms. The van der Waals surface area contributed by atoms with Crippen molar-refractivity contribution in [3.63, 3.8) is 0 Å². The number of carbonyl (C=O) groups excluding carboxylic acids is 6. The van der Waals surface area contributed by atoms with Gasteiger partial charge in [0, 0.05) is 30.4 Å². The number of aliphatic carboxylic acids is 1. The van der Waals surface area contributed by atoms with E-state index in [0.717, 1.165) is 30.4 Å². The Hall–Kier alpha value is -4.87. The van der Waals surface area contributed by atoms with E-state index in [4.69, 9.17) is 5.11 Å². The first-order valence-electron chi connectivity index (χ1n) is 8.91. The molecule has 0 aromatic heterocycles. The summed E-state index contributed by atoms with van der Waals surface area (Å²) in [7, 11) is 0. The number of carboxylic acid groups (broad SMARTS) is 1. The second-order valence-electron chi connectivity index (χ2n) is 6.36. The molecule has 2 heterocycles. The summed E-state index contributed by atoms with van der Waals surface area (Å²) in [6.07, 6.45) is 4.43. The first-order chi connectivity index (χ1) is 15.2. The van der Waals surface area contributed by atoms with Gasteiger partial charge in [0.15, 0.2) is 0 Å². The van der Waals surface area contributed by atoms with Gasteiger partial charge in [-0.25, -0.2) is 14.4 Å². The van der Waals surface area contributed by atoms with Crippen LogP contribution < -0.4 is 10.6 Å². The van der Waals surface area contributed by atoms with Gasteiger partial charge in [-0.15, -0.1) is 0 Å². The minimum Gasteiger partial charge on any atom is -0.478 e. The van der Waals surface area contributed by atoms with Crippen LogP contribution in [0.25, 0.3) is 6.08 Å². The number of urea groups is 2. The second-order valence-corrected chi connectivity index (χ2v) is 6.36. The zero-order valence-electron chi connectivity index (χ0n) is 16.1. The van der Waals surface area contributed by atoms with E-state index in [0.29, 0.717) is 15.4 Å². The van der Waals surface area contributed by atoms with E-state index in [9.17, 15) is 33.6 Å². The molecule has 0 unspecified atom stereocenters. The summed E-state index contributed by atoms with van der Waals surface area (Å²) in [6.45, 7) is 0. The molecule has 12 heteroatoms. The third kappa shape index (κ3) is 4.64. The molecular formula is C20H14N4O8. The van der Waals surface area contributed by atoms with Crippen LogP contribution in [0.15, 0.2) is 54.6 Å². The molecule has 32 heavy (non-hydrogen) atoms. The van der Waals surface area contributed by atoms with Crippen LogP contribution in [0.2, 0.25) is 0 Å². The van der Waals surface area contributed by atoms with Crippen molar-refractivity contribution in [3.8, 4) is 0 Å². The number of amides is 8. The SMILES string of the molecule is O=C(O)/C=C\c1ccc(C(NC(=O)N2C(=O)C=CC2=O)NC(=O)N2C(=O)C=CC2=O)cc1. The lowest BCUT2D eigenvalue weighted by Gasteiger charge is -2.24. The van der Waals surface area contributed by atoms with Crippen LogP contribution in [-0.2, 0) is 24.0 Å². The second kappa shape index (κ2) is 8.87. The summed E-state index contributed by atoms with van der Waals surface area (Å²) < 4.78 is 0. The number of benzene rings is 1. The van der Waals surface area contributed by atoms with Crippen molar-refractivity contribution in [2.75, 3.05) is 0 Å². The Morgan fingerprint density at radius 1 is 0.750 bits per heavy atom. The molecule has 0 bridgehead atoms. The van der Waals surface area contributed by atoms with Gasteiger partial charge in [-0.1, -0.05) is 24.3 Å². The predicted octanol–water partition coefficient (Wildman–Crippen LogP) is 0.0522. The maximum Gasteiger partial charge on any atom is 0.333 e. The molecule has 1 aromatic rings. The smallest absolute Gasteiger partial charge is 0.333 e. The van der Waals surface area contributed by atoms with Crippen molar-refractivity contribution in [2.24, 2.45) is 0 Å². The van der Waals surface area contributed by atoms with E-state index in [1.54, 1.807) is 0 Å². The van der Waals surface area contributed by atoms with E-state index in [1.165, 1.54) is 30.3 Å². The van der Waals surface area contributed by atoms with Gasteiger partial charge in [0.25, 0.3) is 23.6 Å². The Kier molecular flexibility index (Phi) is 6.05. The van der Waals surface area contributed by atoms with Crippen LogP contribution in [0.1, 0.15) is 17.3 Å². The number of carbonyl (C=O) groups is 7. The molecule has 1 aromatic carbocycles. The van der Waals surface area contributed by atoms with E-state index in [-0.39, 0.29) is 5.56 Å². The molecular weight excluding hydrogens is 424 g/mol. The van der Waals surface area contributed by atoms with Crippen molar-refractivity contribution in [1.29, 1.82) is 0 Å². The van der Waals surface area contributed by atoms with Crippen molar-refractivity contribution >= 4 is 47.7 Å². The molecule has 0 atom stereocenters. The van der Waals surface area contributed by atoms with E-state index in [2.05, 4.69) is 10.6 Å². The first kappa shape index (κ1) is 21.8. The van der Waals surface area contributed by atoms with Gasteiger partial charge in [0.1, 0.15) is 6.17 Å². The standard InChI is InChI=1S/C20H14N4O8/c25-13-6-7-14(26)23(13)19(31)21-18(22-20(32)24-15(27)8-9-16(24)28)12-4-1-11(2-5-12)3-10-17(29)30/h1-10,18H,(H,21,31)(H,22,32)(H,29,30)/b10-3-. The summed E-state index contributed by atoms with van der Waals surface area (Å²) in [5.74, 6) is -4.71. The number of hydrogen-bond acceptors (Lipinski definition) is 7. The fraction of sp³-hybridized carbons (Fsp3) is 0.0500. The molecule has 2 aliphatic rings. The van der Waals surface area contributed by atoms with Crippen molar-refractivity contribution in [3.05, 3.63) is 65.8 Å². The van der Waals surface area contributed by atoms with Crippen LogP contribution >= 0.6 is 0 Å². The molecule has 162 valence electrons. The quantitative estimate of drug-likeness (QED) is 0.329. The topological polar surface area (TPSA) is 170 Å². The number of hydrogen-bond donors (Lipinski definition) is 3. The number of rotatable bonds is 5. The van der Waals surface area contributed by atoms with Gasteiger partial charge in [0.05, 0.1) is 0 Å². The zero-order valence-corrected chi connectivity index (χ0v) is 16.1. The molecule has 0 radical (unpaired) electrons. The monoisotopic (exact) mass is 438 g/mol. The van der Waals surface area contributed by atoms with Crippen molar-refractivity contribution < 1.29 is 38.7 Å². The van der Waals surface area contributed by atoms with Crippen LogP contribution in [0.4, 0.5) is 9.59 Å². The average Bonchev–Trinajstić information content (AvgIpc) is 3.26. The maximum atomic E-state index is 12.5. The molecule has 0 saturated carbocycles. The summed E-state index contributed by atoms with van der Waals surface area (Å²) in [5, 5.41) is 13.3. The van der Waals surface area contributed by atoms with Crippen LogP contribution in [0, 0.1) is 0 Å². The van der Waals surface area contributed by atoms with Crippen LogP contribution in [0.5, 0.6) is 0 Å². The fourth-order valence-corrected chi connectivity index (χ4v) is 2.75. The first-order valence-corrected chi connectivity index (χ1v) is 8.91. The molecule has 0 saturated heterocycles. The molecule has 0 aliphatic carbocycles. The normalized spacial score (nSPS) is 15.4. The third-order valence-electron chi connectivity index (χ3n) is 4.25. The Morgan fingerprint density at radius 3 is 1.53 bits per heavy atom. The lowest BCUT2D eigenvalue weighted by Crippen LogP contribution is -2.52. The van der Waals surface area contributed by atoms with Crippen molar-refractivity contribution in [1.82, 2.24) is 20.4 Å². The maximum absolute atomic E-state index is 12.5. The lowest BCUT2D eigenvalue weighted by molar-refractivity contribution is -0.134. The molecule has 12 nitrogen and oxygen atoms in total. The third-order valence-corrected chi connectivity index (χ3v) is 4.25. The highest BCUT2D eigenvalue weighted by Crippen LogP contribution is 2.16. The largest absolute Gasteiger partial charge is 0.478 e. The van der Waals surface area contributed by atoms with E-state index in [1.807, 2.05) is 0 Å². The van der Waals surface area contributed by atoms with Gasteiger partial charge >= 0.3 is 18.0 Å². The highest BCUT2D eigenvalue weighted by molar-refractivity contribution is 6.23. The number of imide groups is 6. The predicted molar refractivity (Wildman–Crippen MR) is 105 cm³/mol.